The number of allylic oxidation sites excluding steroid dienone is 4. The Balaban J connectivity index is 3.45. The molecule has 0 aliphatic carbocycles. The van der Waals surface area contributed by atoms with Crippen LogP contribution in [0.1, 0.15) is 271 Å². The van der Waals surface area contributed by atoms with E-state index in [9.17, 15) is 19.8 Å². The molecule has 0 aromatic carbocycles. The highest BCUT2D eigenvalue weighted by Gasteiger charge is 2.20. The Labute approximate surface area is 361 Å². The Morgan fingerprint density at radius 1 is 0.483 bits per heavy atom. The number of amides is 1. The second kappa shape index (κ2) is 48.0. The van der Waals surface area contributed by atoms with Crippen molar-refractivity contribution in [1.82, 2.24) is 5.32 Å². The van der Waals surface area contributed by atoms with Gasteiger partial charge in [0.2, 0.25) is 5.91 Å². The van der Waals surface area contributed by atoms with Crippen LogP contribution in [0.15, 0.2) is 24.3 Å². The number of hydrogen-bond donors (Lipinski definition) is 3. The maximum atomic E-state index is 12.4. The molecule has 0 aliphatic heterocycles. The summed E-state index contributed by atoms with van der Waals surface area (Å²) < 4.78 is 5.46. The lowest BCUT2D eigenvalue weighted by molar-refractivity contribution is -0.143. The number of carbonyl (C=O) groups excluding carboxylic acids is 2. The van der Waals surface area contributed by atoms with E-state index >= 15 is 0 Å². The Hall–Kier alpha value is -1.66. The minimum Gasteiger partial charge on any atom is -0.466 e. The van der Waals surface area contributed by atoms with Crippen molar-refractivity contribution in [1.29, 1.82) is 0 Å². The van der Waals surface area contributed by atoms with Gasteiger partial charge < -0.3 is 20.3 Å². The minimum atomic E-state index is -0.673. The molecule has 0 aliphatic rings. The Morgan fingerprint density at radius 2 is 0.862 bits per heavy atom. The molecule has 58 heavy (non-hydrogen) atoms. The topological polar surface area (TPSA) is 95.9 Å². The number of hydrogen-bond acceptors (Lipinski definition) is 5. The van der Waals surface area contributed by atoms with Gasteiger partial charge in [-0.1, -0.05) is 224 Å². The van der Waals surface area contributed by atoms with Gasteiger partial charge in [-0.3, -0.25) is 9.59 Å². The van der Waals surface area contributed by atoms with Gasteiger partial charge in [-0.25, -0.2) is 0 Å². The summed E-state index contributed by atoms with van der Waals surface area (Å²) in [5.74, 6) is -0.0689. The molecule has 1 amide bonds. The minimum absolute atomic E-state index is 0.0172. The van der Waals surface area contributed by atoms with Gasteiger partial charge in [-0.05, 0) is 57.8 Å². The average molecular weight is 818 g/mol. The summed E-state index contributed by atoms with van der Waals surface area (Å²) >= 11 is 0. The maximum Gasteiger partial charge on any atom is 0.305 e. The summed E-state index contributed by atoms with van der Waals surface area (Å²) in [5, 5.41) is 23.1. The van der Waals surface area contributed by atoms with E-state index < -0.39 is 12.1 Å². The quantitative estimate of drug-likeness (QED) is 0.0323. The average Bonchev–Trinajstić information content (AvgIpc) is 3.22. The predicted octanol–water partition coefficient (Wildman–Crippen LogP) is 15.1. The summed E-state index contributed by atoms with van der Waals surface area (Å²) in [5.41, 5.74) is 0. The molecule has 0 saturated carbocycles. The van der Waals surface area contributed by atoms with Gasteiger partial charge in [0.1, 0.15) is 0 Å². The number of aliphatic hydroxyl groups is 2. The number of rotatable bonds is 47. The molecule has 0 aromatic heterocycles. The number of esters is 1. The van der Waals surface area contributed by atoms with Crippen molar-refractivity contribution < 1.29 is 24.5 Å². The van der Waals surface area contributed by atoms with E-state index in [1.807, 2.05) is 0 Å². The lowest BCUT2D eigenvalue weighted by atomic mass is 10.0. The van der Waals surface area contributed by atoms with Crippen LogP contribution >= 0.6 is 0 Å². The Morgan fingerprint density at radius 3 is 1.34 bits per heavy atom. The first-order chi connectivity index (χ1) is 28.5. The molecule has 342 valence electrons. The third kappa shape index (κ3) is 43.9. The van der Waals surface area contributed by atoms with Crippen molar-refractivity contribution >= 4 is 11.9 Å². The number of aliphatic hydroxyl groups excluding tert-OH is 2. The van der Waals surface area contributed by atoms with Crippen molar-refractivity contribution in [3.8, 4) is 0 Å². The molecule has 0 radical (unpaired) electrons. The zero-order valence-corrected chi connectivity index (χ0v) is 38.8. The molecule has 2 atom stereocenters. The van der Waals surface area contributed by atoms with Crippen LogP contribution in [0.5, 0.6) is 0 Å². The fourth-order valence-corrected chi connectivity index (χ4v) is 7.79. The van der Waals surface area contributed by atoms with E-state index in [0.717, 1.165) is 64.2 Å². The summed E-state index contributed by atoms with van der Waals surface area (Å²) in [6, 6.07) is -0.552. The van der Waals surface area contributed by atoms with E-state index in [-0.39, 0.29) is 18.5 Å². The van der Waals surface area contributed by atoms with Crippen LogP contribution < -0.4 is 5.32 Å². The second-order valence-corrected chi connectivity index (χ2v) is 17.5. The standard InChI is InChI=1S/C52H99NO5/c1-3-5-7-9-11-13-15-17-18-19-20-21-26-30-34-38-42-46-52(57)58-47-43-39-35-31-27-23-22-25-29-33-37-41-45-51(56)53-49(48-54)50(55)44-40-36-32-28-24-16-14-12-10-8-6-4-2/h11,13,17-18,49-50,54-55H,3-10,12,14-16,19-48H2,1-2H3,(H,53,56)/b13-11-,18-17-. The highest BCUT2D eigenvalue weighted by atomic mass is 16.5. The van der Waals surface area contributed by atoms with Crippen LogP contribution in [0.3, 0.4) is 0 Å². The largest absolute Gasteiger partial charge is 0.466 e. The summed E-state index contributed by atoms with van der Waals surface area (Å²) in [7, 11) is 0. The molecule has 6 heteroatoms. The first kappa shape index (κ1) is 56.3. The monoisotopic (exact) mass is 818 g/mol. The number of carbonyl (C=O) groups is 2. The zero-order chi connectivity index (χ0) is 42.3. The molecule has 3 N–H and O–H groups in total. The van der Waals surface area contributed by atoms with Crippen molar-refractivity contribution in [2.75, 3.05) is 13.2 Å². The van der Waals surface area contributed by atoms with Crippen molar-refractivity contribution in [2.45, 2.75) is 283 Å². The van der Waals surface area contributed by atoms with E-state index in [0.29, 0.717) is 25.9 Å². The van der Waals surface area contributed by atoms with Gasteiger partial charge in [-0.2, -0.15) is 0 Å². The van der Waals surface area contributed by atoms with Crippen molar-refractivity contribution in [2.24, 2.45) is 0 Å². The molecule has 0 saturated heterocycles. The van der Waals surface area contributed by atoms with Gasteiger partial charge >= 0.3 is 5.97 Å². The lowest BCUT2D eigenvalue weighted by Gasteiger charge is -2.22. The zero-order valence-electron chi connectivity index (χ0n) is 38.8. The highest BCUT2D eigenvalue weighted by molar-refractivity contribution is 5.76. The molecular formula is C52H99NO5. The molecule has 2 unspecified atom stereocenters. The van der Waals surface area contributed by atoms with Crippen LogP contribution in [0.4, 0.5) is 0 Å². The van der Waals surface area contributed by atoms with Crippen LogP contribution in [0.25, 0.3) is 0 Å². The van der Waals surface area contributed by atoms with Crippen molar-refractivity contribution in [3.05, 3.63) is 24.3 Å². The van der Waals surface area contributed by atoms with Crippen LogP contribution in [0, 0.1) is 0 Å². The normalized spacial score (nSPS) is 12.8. The number of unbranched alkanes of at least 4 members (excludes halogenated alkanes) is 32. The Kier molecular flexibility index (Phi) is 46.6. The number of nitrogens with one attached hydrogen (secondary N) is 1. The molecule has 0 aromatic rings. The molecule has 0 fully saturated rings. The van der Waals surface area contributed by atoms with Crippen molar-refractivity contribution in [3.63, 3.8) is 0 Å². The maximum absolute atomic E-state index is 12.4. The third-order valence-electron chi connectivity index (χ3n) is 11.8. The molecule has 0 heterocycles. The van der Waals surface area contributed by atoms with Gasteiger partial charge in [0.05, 0.1) is 25.4 Å². The summed E-state index contributed by atoms with van der Waals surface area (Å²) in [6.45, 7) is 4.88. The first-order valence-electron chi connectivity index (χ1n) is 25.6. The summed E-state index contributed by atoms with van der Waals surface area (Å²) in [6.07, 6.45) is 55.7. The summed E-state index contributed by atoms with van der Waals surface area (Å²) in [4.78, 5) is 24.5. The van der Waals surface area contributed by atoms with E-state index in [1.165, 1.54) is 173 Å². The van der Waals surface area contributed by atoms with Gasteiger partial charge in [0.25, 0.3) is 0 Å². The number of ether oxygens (including phenoxy) is 1. The first-order valence-corrected chi connectivity index (χ1v) is 25.6. The lowest BCUT2D eigenvalue weighted by Crippen LogP contribution is -2.45. The molecule has 0 bridgehead atoms. The van der Waals surface area contributed by atoms with E-state index in [1.54, 1.807) is 0 Å². The third-order valence-corrected chi connectivity index (χ3v) is 11.8. The molecule has 6 nitrogen and oxygen atoms in total. The van der Waals surface area contributed by atoms with Gasteiger partial charge in [-0.15, -0.1) is 0 Å². The fourth-order valence-electron chi connectivity index (χ4n) is 7.79. The van der Waals surface area contributed by atoms with Crippen LogP contribution in [0.2, 0.25) is 0 Å². The van der Waals surface area contributed by atoms with E-state index in [2.05, 4.69) is 43.5 Å². The predicted molar refractivity (Wildman–Crippen MR) is 250 cm³/mol. The second-order valence-electron chi connectivity index (χ2n) is 17.5. The smallest absolute Gasteiger partial charge is 0.305 e. The van der Waals surface area contributed by atoms with Crippen LogP contribution in [-0.4, -0.2) is 47.4 Å². The van der Waals surface area contributed by atoms with Gasteiger partial charge in [0.15, 0.2) is 0 Å². The molecule has 0 rings (SSSR count). The Bertz CT molecular complexity index is 904. The molecule has 0 spiro atoms. The molecular weight excluding hydrogens is 719 g/mol. The highest BCUT2D eigenvalue weighted by Crippen LogP contribution is 2.16. The fraction of sp³-hybridized carbons (Fsp3) is 0.885. The van der Waals surface area contributed by atoms with E-state index in [4.69, 9.17) is 4.74 Å². The SMILES string of the molecule is CCCCC/C=C\C/C=C\CCCCCCCCCC(=O)OCCCCCCCCCCCCCCC(=O)NC(CO)C(O)CCCCCCCCCCCCCC. The van der Waals surface area contributed by atoms with Crippen LogP contribution in [-0.2, 0) is 14.3 Å². The van der Waals surface area contributed by atoms with Gasteiger partial charge in [0, 0.05) is 12.8 Å².